The van der Waals surface area contributed by atoms with Gasteiger partial charge in [-0.15, -0.1) is 0 Å². The molecule has 0 saturated carbocycles. The number of nitro benzene ring substituents is 1. The van der Waals surface area contributed by atoms with E-state index in [1.807, 2.05) is 0 Å². The maximum atomic E-state index is 14.2. The molecule has 22 heavy (non-hydrogen) atoms. The lowest BCUT2D eigenvalue weighted by Crippen LogP contribution is -2.41. The smallest absolute Gasteiger partial charge is 0.270 e. The third kappa shape index (κ3) is 2.01. The molecule has 9 heteroatoms. The van der Waals surface area contributed by atoms with Gasteiger partial charge in [0.25, 0.3) is 5.69 Å². The van der Waals surface area contributed by atoms with Gasteiger partial charge in [0.05, 0.1) is 24.0 Å². The number of fused-ring (bicyclic) bond motifs is 1. The van der Waals surface area contributed by atoms with Crippen molar-refractivity contribution in [2.45, 2.75) is 12.1 Å². The second kappa shape index (κ2) is 4.86. The summed E-state index contributed by atoms with van der Waals surface area (Å²) in [6, 6.07) is 2.94. The van der Waals surface area contributed by atoms with Crippen LogP contribution in [0.15, 0.2) is 35.7 Å². The van der Waals surface area contributed by atoms with Crippen LogP contribution >= 0.6 is 0 Å². The fourth-order valence-electron chi connectivity index (χ4n) is 2.54. The number of nitrogens with two attached hydrogens (primary N) is 1. The normalized spacial score (nSPS) is 20.4. The monoisotopic (exact) mass is 307 g/mol. The Morgan fingerprint density at radius 3 is 2.95 bits per heavy atom. The number of alkyl halides is 1. The molecule has 114 valence electrons. The summed E-state index contributed by atoms with van der Waals surface area (Å²) in [5, 5.41) is 10.9. The van der Waals surface area contributed by atoms with Crippen molar-refractivity contribution in [1.82, 2.24) is 9.55 Å². The molecule has 1 aliphatic rings. The summed E-state index contributed by atoms with van der Waals surface area (Å²) in [6.45, 7) is -1.10. The molecule has 0 fully saturated rings. The lowest BCUT2D eigenvalue weighted by Gasteiger charge is -2.32. The van der Waals surface area contributed by atoms with Crippen LogP contribution in [0.2, 0.25) is 0 Å². The number of rotatable bonds is 3. The third-order valence-corrected chi connectivity index (χ3v) is 3.62. The lowest BCUT2D eigenvalue weighted by atomic mass is 9.89. The predicted octanol–water partition coefficient (Wildman–Crippen LogP) is 1.51. The minimum Gasteiger partial charge on any atom is -0.382 e. The van der Waals surface area contributed by atoms with Crippen molar-refractivity contribution in [1.29, 1.82) is 0 Å². The highest BCUT2D eigenvalue weighted by Gasteiger charge is 2.40. The molecule has 1 aromatic heterocycles. The largest absolute Gasteiger partial charge is 0.382 e. The number of non-ortho nitro benzene ring substituents is 1. The predicted molar refractivity (Wildman–Crippen MR) is 73.7 cm³/mol. The average molecular weight is 307 g/mol. The van der Waals surface area contributed by atoms with Gasteiger partial charge >= 0.3 is 0 Å². The van der Waals surface area contributed by atoms with Gasteiger partial charge in [-0.25, -0.2) is 13.8 Å². The third-order valence-electron chi connectivity index (χ3n) is 3.62. The van der Waals surface area contributed by atoms with Crippen LogP contribution in [-0.2, 0) is 12.1 Å². The van der Waals surface area contributed by atoms with Gasteiger partial charge in [0.1, 0.15) is 29.6 Å². The number of aromatic nitrogens is 2. The number of imidazole rings is 1. The minimum absolute atomic E-state index is 0.00676. The van der Waals surface area contributed by atoms with E-state index >= 15 is 0 Å². The first-order valence-corrected chi connectivity index (χ1v) is 6.33. The number of halogens is 2. The number of benzene rings is 1. The van der Waals surface area contributed by atoms with E-state index in [2.05, 4.69) is 9.98 Å². The molecule has 2 heterocycles. The second-order valence-electron chi connectivity index (χ2n) is 4.99. The molecule has 2 N–H and O–H groups in total. The highest BCUT2D eigenvalue weighted by Crippen LogP contribution is 2.36. The average Bonchev–Trinajstić information content (AvgIpc) is 2.95. The molecule has 0 spiro atoms. The Morgan fingerprint density at radius 2 is 2.27 bits per heavy atom. The van der Waals surface area contributed by atoms with E-state index in [4.69, 9.17) is 5.73 Å². The highest BCUT2D eigenvalue weighted by atomic mass is 19.1. The molecule has 0 amide bonds. The Morgan fingerprint density at radius 1 is 1.50 bits per heavy atom. The molecule has 0 saturated heterocycles. The van der Waals surface area contributed by atoms with Crippen LogP contribution in [0.5, 0.6) is 0 Å². The standard InChI is InChI=1S/C13H11F2N5O2/c14-5-13(6-19-7-17-4-11(19)12(16)18-13)9-3-8(20(21)22)1-2-10(9)15/h1-4,7H,5-6H2,(H2,16,18). The van der Waals surface area contributed by atoms with E-state index < -0.39 is 23.0 Å². The first kappa shape index (κ1) is 14.1. The summed E-state index contributed by atoms with van der Waals surface area (Å²) >= 11 is 0. The first-order valence-electron chi connectivity index (χ1n) is 6.33. The van der Waals surface area contributed by atoms with Crippen molar-refractivity contribution in [3.8, 4) is 0 Å². The van der Waals surface area contributed by atoms with E-state index in [1.54, 1.807) is 4.57 Å². The SMILES string of the molecule is NC1=NC(CF)(c2cc([N+](=O)[O-])ccc2F)Cn2cncc21. The summed E-state index contributed by atoms with van der Waals surface area (Å²) in [5.74, 6) is -0.768. The summed E-state index contributed by atoms with van der Waals surface area (Å²) < 4.78 is 29.5. The van der Waals surface area contributed by atoms with Crippen LogP contribution in [0.3, 0.4) is 0 Å². The quantitative estimate of drug-likeness (QED) is 0.686. The lowest BCUT2D eigenvalue weighted by molar-refractivity contribution is -0.385. The molecule has 0 radical (unpaired) electrons. The first-order chi connectivity index (χ1) is 10.5. The topological polar surface area (TPSA) is 99.3 Å². The molecular weight excluding hydrogens is 296 g/mol. The van der Waals surface area contributed by atoms with E-state index in [0.29, 0.717) is 5.69 Å². The van der Waals surface area contributed by atoms with Gasteiger partial charge in [-0.05, 0) is 6.07 Å². The van der Waals surface area contributed by atoms with E-state index in [-0.39, 0.29) is 23.6 Å². The molecule has 2 aromatic rings. The zero-order valence-corrected chi connectivity index (χ0v) is 11.2. The van der Waals surface area contributed by atoms with Crippen molar-refractivity contribution < 1.29 is 13.7 Å². The molecule has 1 atom stereocenters. The van der Waals surface area contributed by atoms with Gasteiger partial charge in [0, 0.05) is 17.7 Å². The molecule has 7 nitrogen and oxygen atoms in total. The molecule has 1 aliphatic heterocycles. The molecule has 0 aliphatic carbocycles. The van der Waals surface area contributed by atoms with Crippen LogP contribution < -0.4 is 5.73 Å². The van der Waals surface area contributed by atoms with Gasteiger partial charge in [0.15, 0.2) is 0 Å². The Kier molecular flexibility index (Phi) is 3.12. The van der Waals surface area contributed by atoms with E-state index in [0.717, 1.165) is 18.2 Å². The summed E-state index contributed by atoms with van der Waals surface area (Å²) in [5.41, 5.74) is 4.10. The molecule has 1 unspecified atom stereocenters. The van der Waals surface area contributed by atoms with Crippen LogP contribution in [0.4, 0.5) is 14.5 Å². The van der Waals surface area contributed by atoms with Crippen LogP contribution in [0.25, 0.3) is 0 Å². The van der Waals surface area contributed by atoms with E-state index in [9.17, 15) is 18.9 Å². The number of hydrogen-bond acceptors (Lipinski definition) is 5. The van der Waals surface area contributed by atoms with Crippen LogP contribution in [0, 0.1) is 15.9 Å². The van der Waals surface area contributed by atoms with Crippen LogP contribution in [0.1, 0.15) is 11.3 Å². The number of nitro groups is 1. The van der Waals surface area contributed by atoms with E-state index in [1.165, 1.54) is 12.5 Å². The summed E-state index contributed by atoms with van der Waals surface area (Å²) in [6.07, 6.45) is 2.89. The Labute approximate surface area is 123 Å². The zero-order chi connectivity index (χ0) is 15.9. The van der Waals surface area contributed by atoms with Gasteiger partial charge in [0.2, 0.25) is 0 Å². The number of nitrogens with zero attached hydrogens (tertiary/aromatic N) is 4. The molecular formula is C13H11F2N5O2. The van der Waals surface area contributed by atoms with Crippen molar-refractivity contribution in [3.05, 3.63) is 57.9 Å². The molecule has 1 aromatic carbocycles. The van der Waals surface area contributed by atoms with Gasteiger partial charge in [-0.2, -0.15) is 0 Å². The fraction of sp³-hybridized carbons (Fsp3) is 0.231. The van der Waals surface area contributed by atoms with Crippen molar-refractivity contribution in [2.24, 2.45) is 10.7 Å². The van der Waals surface area contributed by atoms with Gasteiger partial charge in [-0.3, -0.25) is 15.1 Å². The van der Waals surface area contributed by atoms with Crippen LogP contribution in [-0.4, -0.2) is 27.0 Å². The Bertz CT molecular complexity index is 788. The maximum Gasteiger partial charge on any atom is 0.270 e. The Hall–Kier alpha value is -2.84. The number of amidine groups is 1. The fourth-order valence-corrected chi connectivity index (χ4v) is 2.54. The minimum atomic E-state index is -1.64. The van der Waals surface area contributed by atoms with Gasteiger partial charge in [-0.1, -0.05) is 0 Å². The molecule has 3 rings (SSSR count). The summed E-state index contributed by atoms with van der Waals surface area (Å²) in [4.78, 5) is 18.2. The van der Waals surface area contributed by atoms with Crippen molar-refractivity contribution >= 4 is 11.5 Å². The van der Waals surface area contributed by atoms with Crippen molar-refractivity contribution in [3.63, 3.8) is 0 Å². The van der Waals surface area contributed by atoms with Crippen molar-refractivity contribution in [2.75, 3.05) is 6.67 Å². The Balaban J connectivity index is 2.18. The zero-order valence-electron chi connectivity index (χ0n) is 11.2. The summed E-state index contributed by atoms with van der Waals surface area (Å²) in [7, 11) is 0. The van der Waals surface area contributed by atoms with Gasteiger partial charge < -0.3 is 10.3 Å². The second-order valence-corrected chi connectivity index (χ2v) is 4.99. The highest BCUT2D eigenvalue weighted by molar-refractivity contribution is 5.96. The maximum absolute atomic E-state index is 14.2. The number of hydrogen-bond donors (Lipinski definition) is 1. The molecule has 0 bridgehead atoms. The number of aliphatic imine (C=N–C) groups is 1.